The van der Waals surface area contributed by atoms with E-state index in [1.54, 1.807) is 42.5 Å². The second kappa shape index (κ2) is 9.71. The van der Waals surface area contributed by atoms with Crippen LogP contribution in [0.1, 0.15) is 11.1 Å². The van der Waals surface area contributed by atoms with Crippen molar-refractivity contribution in [2.75, 3.05) is 6.61 Å². The molecule has 0 atom stereocenters. The molecular formula is C24H16BrF3N4O3. The van der Waals surface area contributed by atoms with Crippen molar-refractivity contribution in [3.8, 4) is 17.1 Å². The lowest BCUT2D eigenvalue weighted by Gasteiger charge is -2.12. The van der Waals surface area contributed by atoms with Crippen LogP contribution >= 0.6 is 15.9 Å². The second-order valence-corrected chi connectivity index (χ2v) is 8.19. The van der Waals surface area contributed by atoms with E-state index in [9.17, 15) is 22.8 Å². The summed E-state index contributed by atoms with van der Waals surface area (Å²) in [4.78, 5) is 28.6. The third-order valence-electron chi connectivity index (χ3n) is 4.85. The molecule has 0 radical (unpaired) electrons. The van der Waals surface area contributed by atoms with Crippen LogP contribution < -0.4 is 16.0 Å². The Bertz CT molecular complexity index is 1520. The zero-order valence-corrected chi connectivity index (χ0v) is 19.4. The van der Waals surface area contributed by atoms with Gasteiger partial charge in [-0.25, -0.2) is 4.98 Å². The summed E-state index contributed by atoms with van der Waals surface area (Å²) in [5.41, 5.74) is 4.62. The first-order valence-electron chi connectivity index (χ1n) is 10.1. The summed E-state index contributed by atoms with van der Waals surface area (Å²) in [5, 5.41) is 4.50. The largest absolute Gasteiger partial charge is 0.483 e. The molecule has 0 saturated carbocycles. The van der Waals surface area contributed by atoms with Crippen LogP contribution in [0.3, 0.4) is 0 Å². The molecule has 35 heavy (non-hydrogen) atoms. The molecule has 0 bridgehead atoms. The lowest BCUT2D eigenvalue weighted by atomic mass is 10.1. The fourth-order valence-corrected chi connectivity index (χ4v) is 3.75. The van der Waals surface area contributed by atoms with Gasteiger partial charge in [-0.3, -0.25) is 9.59 Å². The molecule has 0 aliphatic rings. The second-order valence-electron chi connectivity index (χ2n) is 7.34. The Morgan fingerprint density at radius 3 is 2.60 bits per heavy atom. The number of aromatic nitrogens is 2. The van der Waals surface area contributed by atoms with Gasteiger partial charge < -0.3 is 10.5 Å². The van der Waals surface area contributed by atoms with Gasteiger partial charge in [0.1, 0.15) is 5.75 Å². The number of rotatable bonds is 6. The number of fused-ring (bicyclic) bond motifs is 1. The van der Waals surface area contributed by atoms with E-state index in [-0.39, 0.29) is 23.4 Å². The summed E-state index contributed by atoms with van der Waals surface area (Å²) in [6.07, 6.45) is -3.20. The van der Waals surface area contributed by atoms with Crippen LogP contribution in [0, 0.1) is 0 Å². The third kappa shape index (κ3) is 5.40. The van der Waals surface area contributed by atoms with E-state index < -0.39 is 23.2 Å². The number of nitrogens with two attached hydrogens (primary N) is 1. The highest BCUT2D eigenvalue weighted by molar-refractivity contribution is 9.10. The molecule has 0 saturated heterocycles. The molecule has 7 nitrogen and oxygen atoms in total. The van der Waals surface area contributed by atoms with Crippen LogP contribution in [0.2, 0.25) is 0 Å². The molecule has 1 amide bonds. The van der Waals surface area contributed by atoms with Crippen LogP contribution in [-0.2, 0) is 11.0 Å². The third-order valence-corrected chi connectivity index (χ3v) is 5.47. The Hall–Kier alpha value is -3.99. The standard InChI is InChI=1S/C24H16BrF3N4O3/c25-18-10-14(8-9-20(18)35-13-21(29)33)12-30-32-22(15-4-3-5-16(11-15)24(26,27)28)31-19-7-2-1-6-17(19)23(32)34/h1-12H,13H2,(H2,29,33). The van der Waals surface area contributed by atoms with E-state index >= 15 is 0 Å². The Balaban J connectivity index is 1.81. The van der Waals surface area contributed by atoms with Crippen LogP contribution in [-0.4, -0.2) is 28.4 Å². The Labute approximate surface area is 204 Å². The van der Waals surface area contributed by atoms with E-state index in [0.717, 1.165) is 16.8 Å². The van der Waals surface area contributed by atoms with Crippen molar-refractivity contribution >= 4 is 39.0 Å². The fourth-order valence-electron chi connectivity index (χ4n) is 3.24. The lowest BCUT2D eigenvalue weighted by molar-refractivity contribution is -0.137. The first-order valence-corrected chi connectivity index (χ1v) is 10.9. The molecule has 2 N–H and O–H groups in total. The Morgan fingerprint density at radius 2 is 1.89 bits per heavy atom. The molecule has 4 aromatic rings. The number of benzene rings is 3. The van der Waals surface area contributed by atoms with Crippen molar-refractivity contribution in [3.05, 3.63) is 92.7 Å². The number of alkyl halides is 3. The van der Waals surface area contributed by atoms with Crippen molar-refractivity contribution in [3.63, 3.8) is 0 Å². The summed E-state index contributed by atoms with van der Waals surface area (Å²) < 4.78 is 46.6. The normalized spacial score (nSPS) is 11.8. The highest BCUT2D eigenvalue weighted by Gasteiger charge is 2.31. The average molecular weight is 545 g/mol. The van der Waals surface area contributed by atoms with Crippen molar-refractivity contribution in [1.29, 1.82) is 0 Å². The van der Waals surface area contributed by atoms with E-state index in [1.807, 2.05) is 0 Å². The number of amides is 1. The van der Waals surface area contributed by atoms with E-state index in [0.29, 0.717) is 21.3 Å². The Kier molecular flexibility index (Phi) is 6.70. The number of hydrogen-bond acceptors (Lipinski definition) is 5. The zero-order valence-electron chi connectivity index (χ0n) is 17.8. The van der Waals surface area contributed by atoms with Crippen LogP contribution in [0.15, 0.2) is 81.1 Å². The fraction of sp³-hybridized carbons (Fsp3) is 0.0833. The number of nitrogens with zero attached hydrogens (tertiary/aromatic N) is 3. The highest BCUT2D eigenvalue weighted by Crippen LogP contribution is 2.32. The predicted octanol–water partition coefficient (Wildman–Crippen LogP) is 4.59. The van der Waals surface area contributed by atoms with Gasteiger partial charge in [0.05, 0.1) is 27.2 Å². The quantitative estimate of drug-likeness (QED) is 0.359. The van der Waals surface area contributed by atoms with Gasteiger partial charge in [-0.05, 0) is 64.0 Å². The zero-order chi connectivity index (χ0) is 25.2. The van der Waals surface area contributed by atoms with Gasteiger partial charge in [-0.1, -0.05) is 24.3 Å². The van der Waals surface area contributed by atoms with Gasteiger partial charge in [-0.2, -0.15) is 22.9 Å². The number of ether oxygens (including phenoxy) is 1. The summed E-state index contributed by atoms with van der Waals surface area (Å²) in [5.74, 6) is -0.306. The molecular weight excluding hydrogens is 529 g/mol. The SMILES string of the molecule is NC(=O)COc1ccc(C=Nn2c(-c3cccc(C(F)(F)F)c3)nc3ccccc3c2=O)cc1Br. The molecule has 11 heteroatoms. The number of carbonyl (C=O) groups is 1. The van der Waals surface area contributed by atoms with Crippen LogP contribution in [0.4, 0.5) is 13.2 Å². The number of carbonyl (C=O) groups excluding carboxylic acids is 1. The van der Waals surface area contributed by atoms with E-state index in [2.05, 4.69) is 26.0 Å². The van der Waals surface area contributed by atoms with Crippen molar-refractivity contribution < 1.29 is 22.7 Å². The Morgan fingerprint density at radius 1 is 1.11 bits per heavy atom. The molecule has 0 spiro atoms. The molecule has 3 aromatic carbocycles. The monoisotopic (exact) mass is 544 g/mol. The minimum atomic E-state index is -4.56. The number of halogens is 4. The van der Waals surface area contributed by atoms with Gasteiger partial charge >= 0.3 is 6.18 Å². The topological polar surface area (TPSA) is 99.6 Å². The van der Waals surface area contributed by atoms with Gasteiger partial charge in [0.2, 0.25) is 0 Å². The van der Waals surface area contributed by atoms with E-state index in [1.165, 1.54) is 18.3 Å². The smallest absolute Gasteiger partial charge is 0.416 e. The summed E-state index contributed by atoms with van der Waals surface area (Å²) in [6.45, 7) is -0.301. The van der Waals surface area contributed by atoms with Gasteiger partial charge in [-0.15, -0.1) is 0 Å². The molecule has 4 rings (SSSR count). The van der Waals surface area contributed by atoms with Crippen molar-refractivity contribution in [1.82, 2.24) is 9.66 Å². The number of hydrogen-bond donors (Lipinski definition) is 1. The predicted molar refractivity (Wildman–Crippen MR) is 128 cm³/mol. The summed E-state index contributed by atoms with van der Waals surface area (Å²) in [7, 11) is 0. The summed E-state index contributed by atoms with van der Waals surface area (Å²) >= 11 is 3.32. The molecule has 0 fully saturated rings. The maximum Gasteiger partial charge on any atom is 0.416 e. The lowest BCUT2D eigenvalue weighted by Crippen LogP contribution is -2.20. The molecule has 0 aliphatic carbocycles. The average Bonchev–Trinajstić information content (AvgIpc) is 2.82. The first kappa shape index (κ1) is 24.1. The van der Waals surface area contributed by atoms with Crippen molar-refractivity contribution in [2.45, 2.75) is 6.18 Å². The van der Waals surface area contributed by atoms with Crippen LogP contribution in [0.5, 0.6) is 5.75 Å². The van der Waals surface area contributed by atoms with E-state index in [4.69, 9.17) is 10.5 Å². The molecule has 1 heterocycles. The summed E-state index contributed by atoms with van der Waals surface area (Å²) in [6, 6.07) is 15.9. The minimum absolute atomic E-state index is 0.0449. The van der Waals surface area contributed by atoms with Crippen molar-refractivity contribution in [2.24, 2.45) is 10.8 Å². The number of para-hydroxylation sites is 1. The molecule has 178 valence electrons. The van der Waals surface area contributed by atoms with Gasteiger partial charge in [0.15, 0.2) is 12.4 Å². The maximum atomic E-state index is 13.3. The number of primary amides is 1. The first-order chi connectivity index (χ1) is 16.6. The van der Waals surface area contributed by atoms with Gasteiger partial charge in [0.25, 0.3) is 11.5 Å². The molecule has 0 unspecified atom stereocenters. The molecule has 1 aromatic heterocycles. The maximum absolute atomic E-state index is 13.3. The van der Waals surface area contributed by atoms with Gasteiger partial charge in [0, 0.05) is 5.56 Å². The molecule has 0 aliphatic heterocycles. The highest BCUT2D eigenvalue weighted by atomic mass is 79.9. The van der Waals surface area contributed by atoms with Crippen LogP contribution in [0.25, 0.3) is 22.3 Å². The minimum Gasteiger partial charge on any atom is -0.483 e.